The molecule has 2 aromatic rings. The fourth-order valence-corrected chi connectivity index (χ4v) is 5.06. The highest BCUT2D eigenvalue weighted by atomic mass is 16.5. The van der Waals surface area contributed by atoms with Crippen LogP contribution in [0.4, 0.5) is 5.69 Å². The number of nitrogens with one attached hydrogen (secondary N) is 1. The summed E-state index contributed by atoms with van der Waals surface area (Å²) in [5.41, 5.74) is 9.01. The van der Waals surface area contributed by atoms with E-state index in [4.69, 9.17) is 10.5 Å². The molecule has 0 spiro atoms. The van der Waals surface area contributed by atoms with Crippen LogP contribution >= 0.6 is 0 Å². The summed E-state index contributed by atoms with van der Waals surface area (Å²) >= 11 is 0. The van der Waals surface area contributed by atoms with E-state index in [1.165, 1.54) is 38.5 Å². The van der Waals surface area contributed by atoms with E-state index in [-0.39, 0.29) is 18.4 Å². The Morgan fingerprint density at radius 2 is 1.64 bits per heavy atom. The zero-order valence-corrected chi connectivity index (χ0v) is 25.8. The molecule has 8 nitrogen and oxygen atoms in total. The summed E-state index contributed by atoms with van der Waals surface area (Å²) in [5.74, 6) is 1.23. The molecule has 0 saturated heterocycles. The fourth-order valence-electron chi connectivity index (χ4n) is 5.06. The number of benzene rings is 2. The van der Waals surface area contributed by atoms with Crippen molar-refractivity contribution in [3.63, 3.8) is 0 Å². The van der Waals surface area contributed by atoms with E-state index in [9.17, 15) is 9.59 Å². The Kier molecular flexibility index (Phi) is 14.7. The average Bonchev–Trinajstić information content (AvgIpc) is 3.00. The Labute approximate surface area is 252 Å². The summed E-state index contributed by atoms with van der Waals surface area (Å²) < 4.78 is 5.99. The molecule has 0 aromatic heterocycles. The standard InChI is InChI=1S/C34H51N5O3/c1-3-5-7-13-21-38(22-14-8-6-4-2)33(41)18-12-15-23-42-30-20-19-29-26-39(34(35)37-31(29)24-30)27-32(40)36-25-28-16-10-9-11-17-28/h9-11,16-17,19-20,24H,3-8,12-15,18,21-23,25-27H2,1-2H3,(H2,35,37)(H,36,40). The molecule has 230 valence electrons. The zero-order chi connectivity index (χ0) is 30.0. The van der Waals surface area contributed by atoms with Crippen molar-refractivity contribution in [3.05, 3.63) is 59.7 Å². The van der Waals surface area contributed by atoms with Crippen molar-refractivity contribution in [2.24, 2.45) is 10.7 Å². The first-order chi connectivity index (χ1) is 20.5. The van der Waals surface area contributed by atoms with Gasteiger partial charge in [-0.05, 0) is 42.9 Å². The van der Waals surface area contributed by atoms with Gasteiger partial charge in [-0.2, -0.15) is 0 Å². The third kappa shape index (κ3) is 11.7. The van der Waals surface area contributed by atoms with Gasteiger partial charge in [-0.15, -0.1) is 0 Å². The van der Waals surface area contributed by atoms with Crippen LogP contribution in [0, 0.1) is 0 Å². The predicted molar refractivity (Wildman–Crippen MR) is 171 cm³/mol. The molecule has 1 aliphatic heterocycles. The van der Waals surface area contributed by atoms with Crippen molar-refractivity contribution >= 4 is 23.5 Å². The maximum Gasteiger partial charge on any atom is 0.239 e. The predicted octanol–water partition coefficient (Wildman–Crippen LogP) is 6.30. The molecule has 0 unspecified atom stereocenters. The molecule has 0 aliphatic carbocycles. The minimum absolute atomic E-state index is 0.102. The second-order valence-corrected chi connectivity index (χ2v) is 11.2. The summed E-state index contributed by atoms with van der Waals surface area (Å²) in [6.45, 7) is 7.89. The number of nitrogens with zero attached hydrogens (tertiary/aromatic N) is 3. The van der Waals surface area contributed by atoms with Crippen LogP contribution in [-0.2, 0) is 22.7 Å². The highest BCUT2D eigenvalue weighted by Crippen LogP contribution is 2.29. The number of carbonyl (C=O) groups is 2. The number of amides is 2. The molecule has 0 bridgehead atoms. The number of aliphatic imine (C=N–C) groups is 1. The van der Waals surface area contributed by atoms with Crippen LogP contribution in [0.1, 0.15) is 95.6 Å². The molecule has 42 heavy (non-hydrogen) atoms. The number of hydrogen-bond donors (Lipinski definition) is 2. The number of nitrogens with two attached hydrogens (primary N) is 1. The van der Waals surface area contributed by atoms with Crippen molar-refractivity contribution in [2.75, 3.05) is 26.2 Å². The topological polar surface area (TPSA) is 100 Å². The number of fused-ring (bicyclic) bond motifs is 1. The van der Waals surface area contributed by atoms with Crippen molar-refractivity contribution in [2.45, 2.75) is 97.6 Å². The lowest BCUT2D eigenvalue weighted by Crippen LogP contribution is -2.44. The molecule has 3 rings (SSSR count). The maximum absolute atomic E-state index is 12.9. The number of rotatable bonds is 20. The largest absolute Gasteiger partial charge is 0.494 e. The molecule has 8 heteroatoms. The monoisotopic (exact) mass is 577 g/mol. The number of guanidine groups is 1. The minimum Gasteiger partial charge on any atom is -0.494 e. The van der Waals surface area contributed by atoms with Gasteiger partial charge in [-0.3, -0.25) is 9.59 Å². The van der Waals surface area contributed by atoms with E-state index in [0.717, 1.165) is 61.3 Å². The maximum atomic E-state index is 12.9. The Hall–Kier alpha value is -3.55. The van der Waals surface area contributed by atoms with E-state index < -0.39 is 0 Å². The van der Waals surface area contributed by atoms with Gasteiger partial charge in [0.2, 0.25) is 11.8 Å². The first-order valence-electron chi connectivity index (χ1n) is 15.9. The van der Waals surface area contributed by atoms with Gasteiger partial charge in [0.1, 0.15) is 5.75 Å². The summed E-state index contributed by atoms with van der Waals surface area (Å²) in [5, 5.41) is 2.94. The molecule has 1 heterocycles. The highest BCUT2D eigenvalue weighted by Gasteiger charge is 2.20. The van der Waals surface area contributed by atoms with E-state index in [0.29, 0.717) is 32.1 Å². The van der Waals surface area contributed by atoms with Crippen LogP contribution in [0.25, 0.3) is 0 Å². The normalized spacial score (nSPS) is 12.4. The van der Waals surface area contributed by atoms with E-state index in [1.54, 1.807) is 4.90 Å². The molecule has 0 atom stereocenters. The fraction of sp³-hybridized carbons (Fsp3) is 0.559. The van der Waals surface area contributed by atoms with E-state index >= 15 is 0 Å². The lowest BCUT2D eigenvalue weighted by Gasteiger charge is -2.27. The molecule has 3 N–H and O–H groups in total. The SMILES string of the molecule is CCCCCCN(CCCCCC)C(=O)CCCCOc1ccc2c(c1)N=C(N)N(CC(=O)NCc1ccccc1)C2. The van der Waals surface area contributed by atoms with Gasteiger partial charge in [-0.1, -0.05) is 88.8 Å². The van der Waals surface area contributed by atoms with Crippen LogP contribution in [0.5, 0.6) is 5.75 Å². The van der Waals surface area contributed by atoms with Gasteiger partial charge in [0.25, 0.3) is 0 Å². The molecule has 0 fully saturated rings. The molecule has 0 radical (unpaired) electrons. The third-order valence-corrected chi connectivity index (χ3v) is 7.61. The first-order valence-corrected chi connectivity index (χ1v) is 15.9. The van der Waals surface area contributed by atoms with Crippen LogP contribution in [0.3, 0.4) is 0 Å². The molecule has 2 aromatic carbocycles. The zero-order valence-electron chi connectivity index (χ0n) is 25.8. The Morgan fingerprint density at radius 3 is 2.33 bits per heavy atom. The number of unbranched alkanes of at least 4 members (excludes halogenated alkanes) is 7. The molecule has 2 amide bonds. The smallest absolute Gasteiger partial charge is 0.239 e. The third-order valence-electron chi connectivity index (χ3n) is 7.61. The van der Waals surface area contributed by atoms with Gasteiger partial charge in [0, 0.05) is 38.7 Å². The number of carbonyl (C=O) groups excluding carboxylic acids is 2. The van der Waals surface area contributed by atoms with E-state index in [1.807, 2.05) is 48.5 Å². The summed E-state index contributed by atoms with van der Waals surface area (Å²) in [4.78, 5) is 33.8. The molecule has 0 saturated carbocycles. The molecular formula is C34H51N5O3. The Balaban J connectivity index is 1.39. The van der Waals surface area contributed by atoms with Gasteiger partial charge >= 0.3 is 0 Å². The summed E-state index contributed by atoms with van der Waals surface area (Å²) in [6.07, 6.45) is 11.7. The lowest BCUT2D eigenvalue weighted by atomic mass is 10.1. The number of hydrogen-bond acceptors (Lipinski definition) is 6. The van der Waals surface area contributed by atoms with Gasteiger partial charge in [0.15, 0.2) is 5.96 Å². The molecular weight excluding hydrogens is 526 g/mol. The van der Waals surface area contributed by atoms with Gasteiger partial charge < -0.3 is 25.6 Å². The van der Waals surface area contributed by atoms with Crippen molar-refractivity contribution in [3.8, 4) is 5.75 Å². The summed E-state index contributed by atoms with van der Waals surface area (Å²) in [7, 11) is 0. The lowest BCUT2D eigenvalue weighted by molar-refractivity contribution is -0.131. The second kappa shape index (κ2) is 18.8. The van der Waals surface area contributed by atoms with E-state index in [2.05, 4.69) is 29.1 Å². The highest BCUT2D eigenvalue weighted by molar-refractivity contribution is 5.88. The first kappa shape index (κ1) is 33.0. The van der Waals surface area contributed by atoms with Crippen LogP contribution < -0.4 is 15.8 Å². The summed E-state index contributed by atoms with van der Waals surface area (Å²) in [6, 6.07) is 15.6. The van der Waals surface area contributed by atoms with Crippen molar-refractivity contribution in [1.29, 1.82) is 0 Å². The van der Waals surface area contributed by atoms with Crippen LogP contribution in [0.15, 0.2) is 53.5 Å². The second-order valence-electron chi connectivity index (χ2n) is 11.2. The Bertz CT molecular complexity index is 1110. The Morgan fingerprint density at radius 1 is 0.929 bits per heavy atom. The van der Waals surface area contributed by atoms with Crippen LogP contribution in [0.2, 0.25) is 0 Å². The van der Waals surface area contributed by atoms with Crippen LogP contribution in [-0.4, -0.2) is 53.8 Å². The number of ether oxygens (including phenoxy) is 1. The van der Waals surface area contributed by atoms with Gasteiger partial charge in [-0.25, -0.2) is 4.99 Å². The quantitative estimate of drug-likeness (QED) is 0.180. The molecule has 1 aliphatic rings. The average molecular weight is 578 g/mol. The minimum atomic E-state index is -0.102. The van der Waals surface area contributed by atoms with Crippen molar-refractivity contribution < 1.29 is 14.3 Å². The van der Waals surface area contributed by atoms with Gasteiger partial charge in [0.05, 0.1) is 18.8 Å². The van der Waals surface area contributed by atoms with Crippen molar-refractivity contribution in [1.82, 2.24) is 15.1 Å².